The van der Waals surface area contributed by atoms with Crippen LogP contribution in [-0.4, -0.2) is 46.4 Å². The number of aromatic hydroxyl groups is 1. The van der Waals surface area contributed by atoms with Gasteiger partial charge in [0.2, 0.25) is 0 Å². The Morgan fingerprint density at radius 1 is 1.12 bits per heavy atom. The zero-order valence-corrected chi connectivity index (χ0v) is 14.1. The number of carboxylic acid groups (broad SMARTS) is 2. The Morgan fingerprint density at radius 3 is 2.24 bits per heavy atom. The fraction of sp³-hybridized carbons (Fsp3) is 0.438. The maximum absolute atomic E-state index is 12.0. The van der Waals surface area contributed by atoms with Crippen molar-refractivity contribution in [2.45, 2.75) is 32.4 Å². The van der Waals surface area contributed by atoms with Gasteiger partial charge in [0.1, 0.15) is 6.04 Å². The van der Waals surface area contributed by atoms with E-state index >= 15 is 0 Å². The molecular formula is C16H22N2O7. The third-order valence-corrected chi connectivity index (χ3v) is 3.37. The van der Waals surface area contributed by atoms with Gasteiger partial charge in [-0.1, -0.05) is 19.9 Å². The summed E-state index contributed by atoms with van der Waals surface area (Å²) in [5.74, 6) is -2.66. The minimum Gasteiger partial charge on any atom is -0.504 e. The lowest BCUT2D eigenvalue weighted by atomic mass is 10.0. The van der Waals surface area contributed by atoms with Crippen molar-refractivity contribution in [3.63, 3.8) is 0 Å². The molecule has 9 heteroatoms. The number of methoxy groups -OCH3 is 1. The number of amides is 2. The van der Waals surface area contributed by atoms with E-state index in [4.69, 9.17) is 9.84 Å². The van der Waals surface area contributed by atoms with Crippen LogP contribution in [0.25, 0.3) is 0 Å². The highest BCUT2D eigenvalue weighted by Gasteiger charge is 2.26. The molecule has 0 aromatic heterocycles. The third-order valence-electron chi connectivity index (χ3n) is 3.37. The Hall–Kier alpha value is -2.97. The topological polar surface area (TPSA) is 145 Å². The Bertz CT molecular complexity index is 645. The molecule has 2 atom stereocenters. The number of aliphatic carboxylic acids is 2. The van der Waals surface area contributed by atoms with Crippen LogP contribution in [0, 0.1) is 5.92 Å². The highest BCUT2D eigenvalue weighted by molar-refractivity contribution is 5.86. The molecular weight excluding hydrogens is 332 g/mol. The van der Waals surface area contributed by atoms with Gasteiger partial charge in [-0.3, -0.25) is 0 Å². The Kier molecular flexibility index (Phi) is 7.04. The normalized spacial score (nSPS) is 13.0. The number of phenols is 1. The summed E-state index contributed by atoms with van der Waals surface area (Å²) in [5.41, 5.74) is 0.160. The van der Waals surface area contributed by atoms with Crippen molar-refractivity contribution in [1.29, 1.82) is 0 Å². The zero-order valence-electron chi connectivity index (χ0n) is 14.1. The number of carbonyl (C=O) groups excluding carboxylic acids is 1. The number of hydrogen-bond acceptors (Lipinski definition) is 5. The summed E-state index contributed by atoms with van der Waals surface area (Å²) in [6, 6.07) is 0.332. The molecule has 0 saturated carbocycles. The summed E-state index contributed by atoms with van der Waals surface area (Å²) in [7, 11) is 1.30. The van der Waals surface area contributed by atoms with Crippen molar-refractivity contribution in [2.75, 3.05) is 7.11 Å². The first kappa shape index (κ1) is 20.1. The maximum atomic E-state index is 12.0. The van der Waals surface area contributed by atoms with E-state index < -0.39 is 30.1 Å². The Morgan fingerprint density at radius 2 is 1.76 bits per heavy atom. The van der Waals surface area contributed by atoms with Crippen molar-refractivity contribution >= 4 is 18.0 Å². The second-order valence-corrected chi connectivity index (χ2v) is 5.84. The van der Waals surface area contributed by atoms with Gasteiger partial charge in [0.25, 0.3) is 0 Å². The van der Waals surface area contributed by atoms with Crippen molar-refractivity contribution < 1.29 is 34.4 Å². The molecule has 1 unspecified atom stereocenters. The highest BCUT2D eigenvalue weighted by Crippen LogP contribution is 2.29. The number of phenolic OH excluding ortho intramolecular Hbond substituents is 1. The van der Waals surface area contributed by atoms with Gasteiger partial charge >= 0.3 is 18.0 Å². The van der Waals surface area contributed by atoms with E-state index in [1.54, 1.807) is 13.8 Å². The number of carbonyl (C=O) groups is 3. The first-order valence-corrected chi connectivity index (χ1v) is 7.55. The minimum absolute atomic E-state index is 0.0260. The third kappa shape index (κ3) is 5.87. The van der Waals surface area contributed by atoms with Crippen LogP contribution in [0.4, 0.5) is 4.79 Å². The SMILES string of the molecule is COc1cc(C(NC(=O)N[C@@H](CC(C)C)C(=O)O)C(=O)O)ccc1O. The number of ether oxygens (including phenoxy) is 1. The van der Waals surface area contributed by atoms with Gasteiger partial charge in [-0.15, -0.1) is 0 Å². The molecule has 1 rings (SSSR count). The van der Waals surface area contributed by atoms with Gasteiger partial charge in [0, 0.05) is 0 Å². The molecule has 5 N–H and O–H groups in total. The van der Waals surface area contributed by atoms with Crippen molar-refractivity contribution in [3.8, 4) is 11.5 Å². The molecule has 25 heavy (non-hydrogen) atoms. The molecule has 0 aliphatic rings. The Balaban J connectivity index is 2.92. The molecule has 0 radical (unpaired) electrons. The molecule has 0 aliphatic carbocycles. The van der Waals surface area contributed by atoms with E-state index in [0.717, 1.165) is 0 Å². The van der Waals surface area contributed by atoms with Crippen molar-refractivity contribution in [1.82, 2.24) is 10.6 Å². The molecule has 138 valence electrons. The first-order valence-electron chi connectivity index (χ1n) is 7.55. The summed E-state index contributed by atoms with van der Waals surface area (Å²) in [6.45, 7) is 3.61. The van der Waals surface area contributed by atoms with E-state index in [9.17, 15) is 24.6 Å². The standard InChI is InChI=1S/C16H22N2O7/c1-8(2)6-10(14(20)21)17-16(24)18-13(15(22)23)9-4-5-11(19)12(7-9)25-3/h4-5,7-8,10,13,19H,6H2,1-3H3,(H,20,21)(H,22,23)(H2,17,18,24)/t10-,13?/m0/s1. The summed E-state index contributed by atoms with van der Waals surface area (Å²) >= 11 is 0. The van der Waals surface area contributed by atoms with Crippen molar-refractivity contribution in [2.24, 2.45) is 5.92 Å². The van der Waals surface area contributed by atoms with Crippen LogP contribution in [0.1, 0.15) is 31.9 Å². The average molecular weight is 354 g/mol. The van der Waals surface area contributed by atoms with Gasteiger partial charge in [-0.05, 0) is 30.0 Å². The predicted octanol–water partition coefficient (Wildman–Crippen LogP) is 1.32. The predicted molar refractivity (Wildman–Crippen MR) is 87.6 cm³/mol. The number of urea groups is 1. The lowest BCUT2D eigenvalue weighted by Crippen LogP contribution is -2.48. The van der Waals surface area contributed by atoms with Gasteiger partial charge in [-0.2, -0.15) is 0 Å². The second-order valence-electron chi connectivity index (χ2n) is 5.84. The molecule has 0 heterocycles. The van der Waals surface area contributed by atoms with Crippen LogP contribution < -0.4 is 15.4 Å². The van der Waals surface area contributed by atoms with Crippen LogP contribution in [-0.2, 0) is 9.59 Å². The second kappa shape index (κ2) is 8.76. The van der Waals surface area contributed by atoms with E-state index in [-0.39, 0.29) is 29.4 Å². The number of benzene rings is 1. The fourth-order valence-corrected chi connectivity index (χ4v) is 2.19. The lowest BCUT2D eigenvalue weighted by Gasteiger charge is -2.20. The molecule has 2 amide bonds. The average Bonchev–Trinajstić information content (AvgIpc) is 2.52. The van der Waals surface area contributed by atoms with E-state index in [2.05, 4.69) is 10.6 Å². The van der Waals surface area contributed by atoms with Gasteiger partial charge in [0.05, 0.1) is 7.11 Å². The van der Waals surface area contributed by atoms with Crippen LogP contribution >= 0.6 is 0 Å². The number of nitrogens with one attached hydrogen (secondary N) is 2. The summed E-state index contributed by atoms with van der Waals surface area (Å²) < 4.78 is 4.91. The van der Waals surface area contributed by atoms with Crippen LogP contribution in [0.5, 0.6) is 11.5 Å². The molecule has 0 bridgehead atoms. The Labute approximate surface area is 144 Å². The highest BCUT2D eigenvalue weighted by atomic mass is 16.5. The minimum atomic E-state index is -1.44. The number of hydrogen-bond donors (Lipinski definition) is 5. The van der Waals surface area contributed by atoms with Gasteiger partial charge in [-0.25, -0.2) is 14.4 Å². The monoisotopic (exact) mass is 354 g/mol. The quantitative estimate of drug-likeness (QED) is 0.473. The van der Waals surface area contributed by atoms with Gasteiger partial charge in [0.15, 0.2) is 17.5 Å². The van der Waals surface area contributed by atoms with E-state index in [0.29, 0.717) is 0 Å². The molecule has 0 fully saturated rings. The zero-order chi connectivity index (χ0) is 19.1. The largest absolute Gasteiger partial charge is 0.504 e. The van der Waals surface area contributed by atoms with Crippen molar-refractivity contribution in [3.05, 3.63) is 23.8 Å². The maximum Gasteiger partial charge on any atom is 0.330 e. The number of rotatable bonds is 8. The van der Waals surface area contributed by atoms with Crippen LogP contribution in [0.3, 0.4) is 0 Å². The van der Waals surface area contributed by atoms with Gasteiger partial charge < -0.3 is 30.7 Å². The fourth-order valence-electron chi connectivity index (χ4n) is 2.19. The molecule has 9 nitrogen and oxygen atoms in total. The van der Waals surface area contributed by atoms with E-state index in [1.807, 2.05) is 0 Å². The van der Waals surface area contributed by atoms with E-state index in [1.165, 1.54) is 25.3 Å². The lowest BCUT2D eigenvalue weighted by molar-refractivity contribution is -0.139. The molecule has 0 spiro atoms. The van der Waals surface area contributed by atoms with Crippen LogP contribution in [0.2, 0.25) is 0 Å². The molecule has 1 aromatic rings. The summed E-state index contributed by atoms with van der Waals surface area (Å²) in [4.78, 5) is 34.7. The molecule has 0 aliphatic heterocycles. The molecule has 1 aromatic carbocycles. The number of carboxylic acids is 2. The summed E-state index contributed by atoms with van der Waals surface area (Å²) in [5, 5.41) is 32.5. The first-order chi connectivity index (χ1) is 11.6. The smallest absolute Gasteiger partial charge is 0.330 e. The summed E-state index contributed by atoms with van der Waals surface area (Å²) in [6.07, 6.45) is 0.202. The molecule has 0 saturated heterocycles. The van der Waals surface area contributed by atoms with Crippen LogP contribution in [0.15, 0.2) is 18.2 Å².